The number of aromatic nitrogens is 2. The molecule has 5 fully saturated rings. The van der Waals surface area contributed by atoms with Gasteiger partial charge in [0.1, 0.15) is 0 Å². The van der Waals surface area contributed by atoms with Crippen LogP contribution in [0.5, 0.6) is 0 Å². The van der Waals surface area contributed by atoms with Crippen LogP contribution in [0.3, 0.4) is 0 Å². The van der Waals surface area contributed by atoms with Crippen molar-refractivity contribution in [2.24, 2.45) is 46.8 Å². The van der Waals surface area contributed by atoms with Crippen LogP contribution >= 0.6 is 0 Å². The smallest absolute Gasteiger partial charge is 0.157 e. The van der Waals surface area contributed by atoms with Gasteiger partial charge in [0.2, 0.25) is 0 Å². The summed E-state index contributed by atoms with van der Waals surface area (Å²) in [6.45, 7) is 4.88. The Labute approximate surface area is 174 Å². The number of Topliss-reactive ketones (excluding diaryl/α,β-unsaturated/α-hetero) is 1. The fourth-order valence-corrected chi connectivity index (χ4v) is 9.03. The van der Waals surface area contributed by atoms with E-state index in [1.165, 1.54) is 38.5 Å². The lowest BCUT2D eigenvalue weighted by Gasteiger charge is -2.56. The Kier molecular flexibility index (Phi) is 3.96. The van der Waals surface area contributed by atoms with Crippen LogP contribution in [0.4, 0.5) is 0 Å². The molecule has 5 aliphatic rings. The average molecular weight is 397 g/mol. The van der Waals surface area contributed by atoms with Gasteiger partial charge in [0.05, 0.1) is 17.8 Å². The molecule has 9 atom stereocenters. The molecular formula is C25H36N2O2. The number of rotatable bonds is 3. The summed E-state index contributed by atoms with van der Waals surface area (Å²) in [6.07, 6.45) is 12.9. The van der Waals surface area contributed by atoms with Crippen LogP contribution in [0.15, 0.2) is 12.3 Å². The fourth-order valence-electron chi connectivity index (χ4n) is 9.03. The van der Waals surface area contributed by atoms with Crippen molar-refractivity contribution < 1.29 is 9.90 Å². The highest BCUT2D eigenvalue weighted by Crippen LogP contribution is 2.68. The van der Waals surface area contributed by atoms with E-state index in [0.29, 0.717) is 18.2 Å². The number of nitrogens with zero attached hydrogens (tertiary/aromatic N) is 2. The van der Waals surface area contributed by atoms with Crippen molar-refractivity contribution in [3.63, 3.8) is 0 Å². The van der Waals surface area contributed by atoms with Gasteiger partial charge in [0, 0.05) is 12.1 Å². The van der Waals surface area contributed by atoms with Gasteiger partial charge in [-0.3, -0.25) is 9.48 Å². The van der Waals surface area contributed by atoms with Crippen LogP contribution in [-0.2, 0) is 11.3 Å². The zero-order chi connectivity index (χ0) is 20.0. The van der Waals surface area contributed by atoms with Crippen molar-refractivity contribution in [2.75, 3.05) is 0 Å². The van der Waals surface area contributed by atoms with E-state index < -0.39 is 0 Å². The Bertz CT molecular complexity index is 833. The third kappa shape index (κ3) is 2.66. The largest absolute Gasteiger partial charge is 0.390 e. The molecule has 4 heteroatoms. The van der Waals surface area contributed by atoms with Crippen LogP contribution in [0.2, 0.25) is 0 Å². The lowest BCUT2D eigenvalue weighted by atomic mass is 9.49. The molecular weight excluding hydrogens is 360 g/mol. The molecule has 158 valence electrons. The van der Waals surface area contributed by atoms with E-state index in [9.17, 15) is 9.90 Å². The lowest BCUT2D eigenvalue weighted by molar-refractivity contribution is -0.131. The molecule has 1 heterocycles. The second-order valence-electron chi connectivity index (χ2n) is 11.6. The number of aliphatic hydroxyl groups is 1. The van der Waals surface area contributed by atoms with Gasteiger partial charge in [-0.05, 0) is 112 Å². The first-order valence-corrected chi connectivity index (χ1v) is 12.1. The van der Waals surface area contributed by atoms with Crippen LogP contribution in [-0.4, -0.2) is 26.3 Å². The summed E-state index contributed by atoms with van der Waals surface area (Å²) >= 11 is 0. The Morgan fingerprint density at radius 2 is 1.79 bits per heavy atom. The van der Waals surface area contributed by atoms with Crippen molar-refractivity contribution in [1.82, 2.24) is 9.78 Å². The van der Waals surface area contributed by atoms with Gasteiger partial charge in [-0.15, -0.1) is 0 Å². The first-order chi connectivity index (χ1) is 13.9. The van der Waals surface area contributed by atoms with E-state index in [0.717, 1.165) is 54.5 Å². The Balaban J connectivity index is 1.20. The monoisotopic (exact) mass is 396 g/mol. The van der Waals surface area contributed by atoms with Crippen molar-refractivity contribution in [3.8, 4) is 0 Å². The van der Waals surface area contributed by atoms with E-state index >= 15 is 0 Å². The molecule has 0 aliphatic heterocycles. The summed E-state index contributed by atoms with van der Waals surface area (Å²) in [7, 11) is 0. The molecule has 1 unspecified atom stereocenters. The van der Waals surface area contributed by atoms with Crippen molar-refractivity contribution in [1.29, 1.82) is 0 Å². The molecule has 29 heavy (non-hydrogen) atoms. The second-order valence-corrected chi connectivity index (χ2v) is 11.6. The van der Waals surface area contributed by atoms with Crippen molar-refractivity contribution in [3.05, 3.63) is 18.0 Å². The third-order valence-electron chi connectivity index (χ3n) is 10.4. The second kappa shape index (κ2) is 6.18. The zero-order valence-corrected chi connectivity index (χ0v) is 18.0. The summed E-state index contributed by atoms with van der Waals surface area (Å²) in [6, 6.07) is 1.99. The lowest BCUT2D eigenvalue weighted by Crippen LogP contribution is -2.50. The van der Waals surface area contributed by atoms with Gasteiger partial charge >= 0.3 is 0 Å². The molecule has 0 saturated heterocycles. The summed E-state index contributed by atoms with van der Waals surface area (Å²) in [5, 5.41) is 15.1. The highest BCUT2D eigenvalue weighted by Gasteiger charge is 2.65. The standard InChI is InChI=1S/C25H36N2O2/c1-15-9-12-27(26-15)14-23(28)21-6-5-20-18-3-4-19-17(8-11-25(29)13-22(19)25)16(18)7-10-24(20,21)2/h9,12,16-22,29H,3-8,10-11,13-14H2,1-2H3/t16-,17-,18-,19+,20+,21-,22?,24+,25+/m1/s1. The van der Waals surface area contributed by atoms with Gasteiger partial charge in [-0.1, -0.05) is 6.92 Å². The van der Waals surface area contributed by atoms with Crippen LogP contribution < -0.4 is 0 Å². The van der Waals surface area contributed by atoms with E-state index in [1.807, 2.05) is 23.9 Å². The van der Waals surface area contributed by atoms with E-state index in [4.69, 9.17) is 0 Å². The molecule has 6 rings (SSSR count). The predicted molar refractivity (Wildman–Crippen MR) is 111 cm³/mol. The van der Waals surface area contributed by atoms with Crippen LogP contribution in [0.1, 0.15) is 70.4 Å². The van der Waals surface area contributed by atoms with E-state index in [2.05, 4.69) is 12.0 Å². The molecule has 1 N–H and O–H groups in total. The predicted octanol–water partition coefficient (Wildman–Crippen LogP) is 4.39. The molecule has 0 amide bonds. The number of aryl methyl sites for hydroxylation is 1. The van der Waals surface area contributed by atoms with Crippen molar-refractivity contribution in [2.45, 2.75) is 83.8 Å². The number of carbonyl (C=O) groups is 1. The summed E-state index contributed by atoms with van der Waals surface area (Å²) in [4.78, 5) is 13.3. The Morgan fingerprint density at radius 1 is 1.07 bits per heavy atom. The van der Waals surface area contributed by atoms with E-state index in [1.54, 1.807) is 0 Å². The number of carbonyl (C=O) groups excluding carboxylic acids is 1. The van der Waals surface area contributed by atoms with Crippen LogP contribution in [0, 0.1) is 53.8 Å². The van der Waals surface area contributed by atoms with Crippen LogP contribution in [0.25, 0.3) is 0 Å². The van der Waals surface area contributed by atoms with Gasteiger partial charge in [0.25, 0.3) is 0 Å². The van der Waals surface area contributed by atoms with Crippen molar-refractivity contribution >= 4 is 5.78 Å². The Morgan fingerprint density at radius 3 is 2.52 bits per heavy atom. The van der Waals surface area contributed by atoms with E-state index in [-0.39, 0.29) is 16.9 Å². The third-order valence-corrected chi connectivity index (χ3v) is 10.4. The quantitative estimate of drug-likeness (QED) is 0.824. The summed E-state index contributed by atoms with van der Waals surface area (Å²) in [5.74, 6) is 5.31. The Hall–Kier alpha value is -1.16. The number of fused-ring (bicyclic) bond motifs is 7. The highest BCUT2D eigenvalue weighted by atomic mass is 16.3. The molecule has 0 bridgehead atoms. The average Bonchev–Trinajstić information content (AvgIpc) is 3.02. The first kappa shape index (κ1) is 18.6. The van der Waals surface area contributed by atoms with Gasteiger partial charge in [-0.25, -0.2) is 0 Å². The molecule has 5 aliphatic carbocycles. The maximum Gasteiger partial charge on any atom is 0.157 e. The number of ketones is 1. The minimum Gasteiger partial charge on any atom is -0.390 e. The van der Waals surface area contributed by atoms with Gasteiger partial charge in [-0.2, -0.15) is 5.10 Å². The normalized spacial score (nSPS) is 50.2. The maximum atomic E-state index is 13.3. The topological polar surface area (TPSA) is 55.1 Å². The molecule has 0 radical (unpaired) electrons. The fraction of sp³-hybridized carbons (Fsp3) is 0.840. The molecule has 5 saturated carbocycles. The minimum atomic E-state index is -0.271. The molecule has 1 aromatic rings. The minimum absolute atomic E-state index is 0.197. The number of hydrogen-bond donors (Lipinski definition) is 1. The summed E-state index contributed by atoms with van der Waals surface area (Å²) in [5.41, 5.74) is 0.912. The summed E-state index contributed by atoms with van der Waals surface area (Å²) < 4.78 is 1.84. The molecule has 0 spiro atoms. The van der Waals surface area contributed by atoms with Gasteiger partial charge in [0.15, 0.2) is 5.78 Å². The zero-order valence-electron chi connectivity index (χ0n) is 18.0. The molecule has 4 nitrogen and oxygen atoms in total. The highest BCUT2D eigenvalue weighted by molar-refractivity contribution is 5.82. The first-order valence-electron chi connectivity index (χ1n) is 12.1. The maximum absolute atomic E-state index is 13.3. The van der Waals surface area contributed by atoms with Gasteiger partial charge < -0.3 is 5.11 Å². The molecule has 1 aromatic heterocycles. The number of hydrogen-bond acceptors (Lipinski definition) is 3. The molecule has 0 aromatic carbocycles. The SMILES string of the molecule is Cc1ccn(CC(=O)[C@H]2CC[C@H]3[C@@H]4CC[C@@H]5C6C[C@@]6(O)CC[C@@H]5[C@H]4CC[C@]23C)n1.